The number of fused-ring (bicyclic) bond motifs is 1. The van der Waals surface area contributed by atoms with E-state index in [1.807, 2.05) is 40.6 Å². The van der Waals surface area contributed by atoms with Crippen molar-refractivity contribution in [3.05, 3.63) is 26.6 Å². The van der Waals surface area contributed by atoms with Gasteiger partial charge in [-0.1, -0.05) is 12.1 Å². The van der Waals surface area contributed by atoms with Crippen LogP contribution in [0.4, 0.5) is 23.2 Å². The Morgan fingerprint density at radius 3 is 2.79 bits per heavy atom. The fraction of sp³-hybridized carbons (Fsp3) is 0.500. The van der Waals surface area contributed by atoms with E-state index in [1.165, 1.54) is 11.3 Å². The Labute approximate surface area is 155 Å². The second-order valence-corrected chi connectivity index (χ2v) is 8.98. The Bertz CT molecular complexity index is 731. The highest BCUT2D eigenvalue weighted by Crippen LogP contribution is 2.40. The molecule has 0 bridgehead atoms. The van der Waals surface area contributed by atoms with Gasteiger partial charge in [0.15, 0.2) is 0 Å². The van der Waals surface area contributed by atoms with Gasteiger partial charge in [0.05, 0.1) is 25.7 Å². The Hall–Kier alpha value is -0.610. The van der Waals surface area contributed by atoms with E-state index in [-0.39, 0.29) is 6.04 Å². The van der Waals surface area contributed by atoms with Gasteiger partial charge in [0.2, 0.25) is 0 Å². The molecule has 0 aliphatic carbocycles. The fourth-order valence-corrected chi connectivity index (χ4v) is 5.20. The van der Waals surface area contributed by atoms with Crippen molar-refractivity contribution in [3.63, 3.8) is 0 Å². The second-order valence-electron chi connectivity index (χ2n) is 6.15. The summed E-state index contributed by atoms with van der Waals surface area (Å²) in [5.41, 5.74) is 1.04. The molecule has 3 rings (SSSR count). The number of likely N-dealkylation sites (tertiary alicyclic amines) is 1. The average Bonchev–Trinajstić information content (AvgIpc) is 2.78. The van der Waals surface area contributed by atoms with Gasteiger partial charge in [0.25, 0.3) is 0 Å². The predicted octanol–water partition coefficient (Wildman–Crippen LogP) is 5.06. The van der Waals surface area contributed by atoms with Gasteiger partial charge >= 0.3 is 6.18 Å². The molecule has 132 valence electrons. The first-order valence-corrected chi connectivity index (χ1v) is 9.50. The van der Waals surface area contributed by atoms with E-state index in [4.69, 9.17) is 0 Å². The van der Waals surface area contributed by atoms with Crippen LogP contribution in [0.25, 0.3) is 10.1 Å². The van der Waals surface area contributed by atoms with Crippen LogP contribution in [0.3, 0.4) is 0 Å². The van der Waals surface area contributed by atoms with Crippen molar-refractivity contribution in [2.24, 2.45) is 0 Å². The van der Waals surface area contributed by atoms with Crippen LogP contribution in [0.2, 0.25) is 0 Å². The smallest absolute Gasteiger partial charge is 0.378 e. The number of piperidine rings is 1. The standard InChI is InChI=1S/C16H17F4IN2S/c1-23-6-5-12(11(17)8-23)22-13-4-2-3-9-10(7-16(18,19)20)15(21)24-14(9)13/h2-4,11-12,22H,5-8H2,1H3/t11-,12+/m0/s1. The van der Waals surface area contributed by atoms with E-state index >= 15 is 0 Å². The molecule has 0 amide bonds. The Kier molecular flexibility index (Phi) is 5.27. The molecule has 1 aromatic carbocycles. The molecule has 1 aromatic heterocycles. The van der Waals surface area contributed by atoms with Gasteiger partial charge in [-0.3, -0.25) is 0 Å². The van der Waals surface area contributed by atoms with Gasteiger partial charge in [-0.2, -0.15) is 13.2 Å². The zero-order chi connectivity index (χ0) is 17.5. The summed E-state index contributed by atoms with van der Waals surface area (Å²) in [4.78, 5) is 1.94. The highest BCUT2D eigenvalue weighted by molar-refractivity contribution is 14.1. The first kappa shape index (κ1) is 18.2. The Balaban J connectivity index is 1.91. The van der Waals surface area contributed by atoms with Crippen LogP contribution in [0.5, 0.6) is 0 Å². The Morgan fingerprint density at radius 2 is 2.12 bits per heavy atom. The van der Waals surface area contributed by atoms with Gasteiger partial charge in [0.1, 0.15) is 6.17 Å². The Morgan fingerprint density at radius 1 is 1.38 bits per heavy atom. The topological polar surface area (TPSA) is 15.3 Å². The lowest BCUT2D eigenvalue weighted by Gasteiger charge is -2.33. The number of thiophene rings is 1. The third-order valence-corrected chi connectivity index (χ3v) is 6.61. The molecule has 1 N–H and O–H groups in total. The van der Waals surface area contributed by atoms with E-state index in [9.17, 15) is 17.6 Å². The van der Waals surface area contributed by atoms with Crippen molar-refractivity contribution >= 4 is 49.7 Å². The number of alkyl halides is 4. The molecule has 2 nitrogen and oxygen atoms in total. The molecule has 0 saturated carbocycles. The maximum atomic E-state index is 14.2. The van der Waals surface area contributed by atoms with E-state index in [0.717, 1.165) is 16.9 Å². The first-order valence-electron chi connectivity index (χ1n) is 7.60. The molecular weight excluding hydrogens is 455 g/mol. The van der Waals surface area contributed by atoms with E-state index < -0.39 is 18.8 Å². The zero-order valence-electron chi connectivity index (χ0n) is 13.0. The maximum Gasteiger partial charge on any atom is 0.393 e. The lowest BCUT2D eigenvalue weighted by molar-refractivity contribution is -0.127. The average molecular weight is 472 g/mol. The molecule has 1 aliphatic rings. The number of anilines is 1. The van der Waals surface area contributed by atoms with E-state index in [1.54, 1.807) is 12.1 Å². The third-order valence-electron chi connectivity index (χ3n) is 4.23. The number of nitrogens with zero attached hydrogens (tertiary/aromatic N) is 1. The predicted molar refractivity (Wildman–Crippen MR) is 98.7 cm³/mol. The number of benzene rings is 1. The van der Waals surface area contributed by atoms with Crippen molar-refractivity contribution < 1.29 is 17.6 Å². The highest BCUT2D eigenvalue weighted by atomic mass is 127. The highest BCUT2D eigenvalue weighted by Gasteiger charge is 2.32. The molecular formula is C16H17F4IN2S. The van der Waals surface area contributed by atoms with Gasteiger partial charge in [-0.25, -0.2) is 4.39 Å². The summed E-state index contributed by atoms with van der Waals surface area (Å²) in [5.74, 6) is 0. The molecule has 1 saturated heterocycles. The van der Waals surface area contributed by atoms with Crippen LogP contribution in [0, 0.1) is 2.88 Å². The summed E-state index contributed by atoms with van der Waals surface area (Å²) in [6.45, 7) is 1.17. The molecule has 0 radical (unpaired) electrons. The number of rotatable bonds is 3. The van der Waals surface area contributed by atoms with E-state index in [2.05, 4.69) is 5.32 Å². The lowest BCUT2D eigenvalue weighted by Crippen LogP contribution is -2.46. The summed E-state index contributed by atoms with van der Waals surface area (Å²) in [6, 6.07) is 4.95. The molecule has 24 heavy (non-hydrogen) atoms. The number of nitrogens with one attached hydrogen (secondary N) is 1. The van der Waals surface area contributed by atoms with Crippen LogP contribution in [0.15, 0.2) is 18.2 Å². The molecule has 2 heterocycles. The molecule has 0 unspecified atom stereocenters. The molecule has 2 aromatic rings. The van der Waals surface area contributed by atoms with Crippen molar-refractivity contribution in [1.29, 1.82) is 0 Å². The van der Waals surface area contributed by atoms with Crippen LogP contribution in [0.1, 0.15) is 12.0 Å². The number of hydrogen-bond donors (Lipinski definition) is 1. The van der Waals surface area contributed by atoms with Crippen LogP contribution >= 0.6 is 33.9 Å². The van der Waals surface area contributed by atoms with Crippen molar-refractivity contribution in [2.45, 2.75) is 31.2 Å². The summed E-state index contributed by atoms with van der Waals surface area (Å²) >= 11 is 3.29. The van der Waals surface area contributed by atoms with Crippen molar-refractivity contribution in [3.8, 4) is 0 Å². The number of halogens is 5. The van der Waals surface area contributed by atoms with Gasteiger partial charge < -0.3 is 10.2 Å². The minimum Gasteiger partial charge on any atom is -0.378 e. The summed E-state index contributed by atoms with van der Waals surface area (Å²) in [7, 11) is 1.88. The maximum absolute atomic E-state index is 14.2. The van der Waals surface area contributed by atoms with Gasteiger partial charge in [-0.15, -0.1) is 11.3 Å². The second kappa shape index (κ2) is 6.95. The summed E-state index contributed by atoms with van der Waals surface area (Å²) < 4.78 is 54.1. The number of hydrogen-bond acceptors (Lipinski definition) is 3. The monoisotopic (exact) mass is 472 g/mol. The van der Waals surface area contributed by atoms with Crippen LogP contribution in [-0.4, -0.2) is 43.4 Å². The SMILES string of the molecule is CN1CC[C@@H](Nc2cccc3c(CC(F)(F)F)c(I)sc23)[C@@H](F)C1. The minimum absolute atomic E-state index is 0.308. The molecule has 1 fully saturated rings. The summed E-state index contributed by atoms with van der Waals surface area (Å²) in [5, 5.41) is 3.83. The van der Waals surface area contributed by atoms with Crippen LogP contribution < -0.4 is 5.32 Å². The van der Waals surface area contributed by atoms with E-state index in [0.29, 0.717) is 26.8 Å². The van der Waals surface area contributed by atoms with Crippen molar-refractivity contribution in [1.82, 2.24) is 4.90 Å². The molecule has 2 atom stereocenters. The molecule has 1 aliphatic heterocycles. The van der Waals surface area contributed by atoms with Gasteiger partial charge in [0, 0.05) is 13.1 Å². The first-order chi connectivity index (χ1) is 11.2. The lowest BCUT2D eigenvalue weighted by atomic mass is 10.0. The quantitative estimate of drug-likeness (QED) is 0.496. The molecule has 0 spiro atoms. The van der Waals surface area contributed by atoms with Gasteiger partial charge in [-0.05, 0) is 53.1 Å². The zero-order valence-corrected chi connectivity index (χ0v) is 15.9. The summed E-state index contributed by atoms with van der Waals surface area (Å²) in [6.07, 6.45) is -5.50. The van der Waals surface area contributed by atoms with Crippen molar-refractivity contribution in [2.75, 3.05) is 25.5 Å². The minimum atomic E-state index is -4.24. The normalized spacial score (nSPS) is 22.9. The fourth-order valence-electron chi connectivity index (χ4n) is 3.04. The molecule has 8 heteroatoms. The largest absolute Gasteiger partial charge is 0.393 e. The van der Waals surface area contributed by atoms with Crippen LogP contribution in [-0.2, 0) is 6.42 Å². The third kappa shape index (κ3) is 3.96.